The maximum absolute atomic E-state index is 5.99. The molecule has 17 heavy (non-hydrogen) atoms. The first-order chi connectivity index (χ1) is 8.13. The molecular formula is C13H20ClN3. The van der Waals surface area contributed by atoms with E-state index in [-0.39, 0.29) is 0 Å². The van der Waals surface area contributed by atoms with E-state index in [1.807, 2.05) is 6.92 Å². The third-order valence-corrected chi connectivity index (χ3v) is 4.19. The Labute approximate surface area is 108 Å². The fourth-order valence-corrected chi connectivity index (χ4v) is 2.63. The van der Waals surface area contributed by atoms with Gasteiger partial charge in [-0.15, -0.1) is 10.2 Å². The van der Waals surface area contributed by atoms with Crippen molar-refractivity contribution in [2.24, 2.45) is 5.92 Å². The van der Waals surface area contributed by atoms with Gasteiger partial charge >= 0.3 is 0 Å². The number of anilines is 1. The summed E-state index contributed by atoms with van der Waals surface area (Å²) < 4.78 is 0. The smallest absolute Gasteiger partial charge is 0.155 e. The van der Waals surface area contributed by atoms with Crippen molar-refractivity contribution in [1.29, 1.82) is 0 Å². The zero-order chi connectivity index (χ0) is 12.4. The Kier molecular flexibility index (Phi) is 3.87. The normalized spacial score (nSPS) is 20.7. The monoisotopic (exact) mass is 253 g/mol. The molecule has 0 bridgehead atoms. The Balaban J connectivity index is 2.25. The lowest BCUT2D eigenvalue weighted by molar-refractivity contribution is 0.402. The molecule has 0 N–H and O–H groups in total. The average Bonchev–Trinajstić information content (AvgIpc) is 2.36. The highest BCUT2D eigenvalue weighted by molar-refractivity contribution is 6.30. The van der Waals surface area contributed by atoms with E-state index in [1.165, 1.54) is 24.8 Å². The van der Waals surface area contributed by atoms with Crippen LogP contribution in [0.5, 0.6) is 0 Å². The van der Waals surface area contributed by atoms with Crippen LogP contribution >= 0.6 is 11.6 Å². The molecule has 1 aliphatic heterocycles. The predicted molar refractivity (Wildman–Crippen MR) is 71.7 cm³/mol. The molecule has 94 valence electrons. The molecule has 2 heterocycles. The van der Waals surface area contributed by atoms with Crippen LogP contribution in [-0.2, 0) is 0 Å². The highest BCUT2D eigenvalue weighted by atomic mass is 35.5. The number of hydrogen-bond donors (Lipinski definition) is 0. The second-order valence-electron chi connectivity index (χ2n) is 4.93. The molecule has 1 aromatic heterocycles. The quantitative estimate of drug-likeness (QED) is 0.809. The zero-order valence-corrected chi connectivity index (χ0v) is 11.6. The van der Waals surface area contributed by atoms with Crippen LogP contribution < -0.4 is 4.90 Å². The van der Waals surface area contributed by atoms with E-state index in [4.69, 9.17) is 11.6 Å². The first kappa shape index (κ1) is 12.6. The van der Waals surface area contributed by atoms with Gasteiger partial charge in [0.1, 0.15) is 0 Å². The predicted octanol–water partition coefficient (Wildman–Crippen LogP) is 3.37. The second kappa shape index (κ2) is 5.21. The number of halogens is 1. The summed E-state index contributed by atoms with van der Waals surface area (Å²) in [6, 6.07) is 0. The van der Waals surface area contributed by atoms with Crippen molar-refractivity contribution >= 4 is 17.4 Å². The summed E-state index contributed by atoms with van der Waals surface area (Å²) in [5, 5.41) is 8.84. The summed E-state index contributed by atoms with van der Waals surface area (Å²) in [4.78, 5) is 2.36. The van der Waals surface area contributed by atoms with E-state index >= 15 is 0 Å². The molecule has 0 radical (unpaired) electrons. The van der Waals surface area contributed by atoms with E-state index in [0.29, 0.717) is 5.15 Å². The van der Waals surface area contributed by atoms with Gasteiger partial charge in [0.2, 0.25) is 0 Å². The van der Waals surface area contributed by atoms with Gasteiger partial charge in [0.05, 0.1) is 0 Å². The third kappa shape index (κ3) is 2.54. The van der Waals surface area contributed by atoms with Gasteiger partial charge in [-0.05, 0) is 43.7 Å². The molecule has 0 amide bonds. The standard InChI is InChI=1S/C13H20ClN3/c1-4-11-6-5-7-17(8-11)13-10(3)9(2)12(14)15-16-13/h11H,4-8H2,1-3H3. The molecule has 3 nitrogen and oxygen atoms in total. The van der Waals surface area contributed by atoms with E-state index in [2.05, 4.69) is 28.9 Å². The van der Waals surface area contributed by atoms with Gasteiger partial charge < -0.3 is 4.90 Å². The summed E-state index contributed by atoms with van der Waals surface area (Å²) in [6.45, 7) is 8.55. The molecule has 0 spiro atoms. The van der Waals surface area contributed by atoms with Crippen molar-refractivity contribution in [1.82, 2.24) is 10.2 Å². The van der Waals surface area contributed by atoms with Crippen molar-refractivity contribution in [3.05, 3.63) is 16.3 Å². The molecule has 0 aliphatic carbocycles. The van der Waals surface area contributed by atoms with Gasteiger partial charge in [0, 0.05) is 13.1 Å². The van der Waals surface area contributed by atoms with Crippen LogP contribution in [0.3, 0.4) is 0 Å². The minimum atomic E-state index is 0.523. The summed E-state index contributed by atoms with van der Waals surface area (Å²) in [5.41, 5.74) is 2.22. The first-order valence-corrected chi connectivity index (χ1v) is 6.75. The maximum Gasteiger partial charge on any atom is 0.155 e. The Hall–Kier alpha value is -0.830. The Morgan fingerprint density at radius 1 is 1.29 bits per heavy atom. The highest BCUT2D eigenvalue weighted by Crippen LogP contribution is 2.28. The van der Waals surface area contributed by atoms with E-state index in [9.17, 15) is 0 Å². The molecule has 1 aromatic rings. The van der Waals surface area contributed by atoms with Crippen molar-refractivity contribution in [3.63, 3.8) is 0 Å². The Bertz CT molecular complexity index is 406. The van der Waals surface area contributed by atoms with Gasteiger partial charge in [-0.25, -0.2) is 0 Å². The lowest BCUT2D eigenvalue weighted by Gasteiger charge is -2.33. The summed E-state index contributed by atoms with van der Waals surface area (Å²) in [5.74, 6) is 1.81. The molecule has 0 aromatic carbocycles. The summed E-state index contributed by atoms with van der Waals surface area (Å²) in [6.07, 6.45) is 3.84. The van der Waals surface area contributed by atoms with Gasteiger partial charge in [0.25, 0.3) is 0 Å². The Morgan fingerprint density at radius 3 is 2.76 bits per heavy atom. The zero-order valence-electron chi connectivity index (χ0n) is 10.8. The first-order valence-electron chi connectivity index (χ1n) is 6.37. The van der Waals surface area contributed by atoms with E-state index < -0.39 is 0 Å². The molecule has 1 atom stereocenters. The van der Waals surface area contributed by atoms with Crippen molar-refractivity contribution in [2.75, 3.05) is 18.0 Å². The fourth-order valence-electron chi connectivity index (χ4n) is 2.45. The molecule has 0 saturated carbocycles. The van der Waals surface area contributed by atoms with Crippen molar-refractivity contribution in [2.45, 2.75) is 40.0 Å². The highest BCUT2D eigenvalue weighted by Gasteiger charge is 2.22. The molecule has 1 unspecified atom stereocenters. The summed E-state index contributed by atoms with van der Waals surface area (Å²) in [7, 11) is 0. The van der Waals surface area contributed by atoms with E-state index in [1.54, 1.807) is 0 Å². The SMILES string of the molecule is CCC1CCCN(c2nnc(Cl)c(C)c2C)C1. The maximum atomic E-state index is 5.99. The van der Waals surface area contributed by atoms with Crippen LogP contribution in [0.25, 0.3) is 0 Å². The molecule has 1 fully saturated rings. The van der Waals surface area contributed by atoms with Crippen LogP contribution in [-0.4, -0.2) is 23.3 Å². The van der Waals surface area contributed by atoms with Gasteiger partial charge in [0.15, 0.2) is 11.0 Å². The number of hydrogen-bond acceptors (Lipinski definition) is 3. The second-order valence-corrected chi connectivity index (χ2v) is 5.28. The van der Waals surface area contributed by atoms with Crippen LogP contribution in [0.1, 0.15) is 37.3 Å². The van der Waals surface area contributed by atoms with Crippen molar-refractivity contribution < 1.29 is 0 Å². The van der Waals surface area contributed by atoms with Gasteiger partial charge in [-0.1, -0.05) is 24.9 Å². The average molecular weight is 254 g/mol. The summed E-state index contributed by atoms with van der Waals surface area (Å²) >= 11 is 5.99. The van der Waals surface area contributed by atoms with Gasteiger partial charge in [-0.3, -0.25) is 0 Å². The lowest BCUT2D eigenvalue weighted by atomic mass is 9.95. The van der Waals surface area contributed by atoms with Crippen LogP contribution in [0.15, 0.2) is 0 Å². The number of aromatic nitrogens is 2. The minimum Gasteiger partial charge on any atom is -0.355 e. The molecule has 1 saturated heterocycles. The minimum absolute atomic E-state index is 0.523. The number of nitrogens with zero attached hydrogens (tertiary/aromatic N) is 3. The Morgan fingerprint density at radius 2 is 2.06 bits per heavy atom. The fraction of sp³-hybridized carbons (Fsp3) is 0.692. The lowest BCUT2D eigenvalue weighted by Crippen LogP contribution is -2.36. The molecule has 4 heteroatoms. The molecule has 1 aliphatic rings. The van der Waals surface area contributed by atoms with Crippen LogP contribution in [0.4, 0.5) is 5.82 Å². The third-order valence-electron chi connectivity index (χ3n) is 3.84. The van der Waals surface area contributed by atoms with Crippen LogP contribution in [0, 0.1) is 19.8 Å². The van der Waals surface area contributed by atoms with E-state index in [0.717, 1.165) is 30.4 Å². The van der Waals surface area contributed by atoms with Crippen LogP contribution in [0.2, 0.25) is 5.15 Å². The number of rotatable bonds is 2. The van der Waals surface area contributed by atoms with Gasteiger partial charge in [-0.2, -0.15) is 0 Å². The topological polar surface area (TPSA) is 29.0 Å². The number of piperidine rings is 1. The van der Waals surface area contributed by atoms with Crippen molar-refractivity contribution in [3.8, 4) is 0 Å². The largest absolute Gasteiger partial charge is 0.355 e. The molecule has 2 rings (SSSR count). The molecular weight excluding hydrogens is 234 g/mol.